The zero-order chi connectivity index (χ0) is 27.7. The van der Waals surface area contributed by atoms with Crippen LogP contribution in [0.25, 0.3) is 0 Å². The first-order valence-corrected chi connectivity index (χ1v) is 13.6. The molecular weight excluding hydrogens is 480 g/mol. The lowest BCUT2D eigenvalue weighted by Gasteiger charge is -2.34. The van der Waals surface area contributed by atoms with Crippen molar-refractivity contribution in [2.75, 3.05) is 0 Å². The minimum absolute atomic E-state index is 0.0541. The fourth-order valence-electron chi connectivity index (χ4n) is 4.88. The molecule has 0 unspecified atom stereocenters. The second-order valence-corrected chi connectivity index (χ2v) is 11.0. The van der Waals surface area contributed by atoms with Crippen molar-refractivity contribution in [3.63, 3.8) is 0 Å². The number of carbonyl (C=O) groups excluding carboxylic acids is 2. The molecule has 4 aromatic carbocycles. The van der Waals surface area contributed by atoms with Gasteiger partial charge in [-0.25, -0.2) is 0 Å². The van der Waals surface area contributed by atoms with Crippen LogP contribution in [0.15, 0.2) is 121 Å². The molecule has 0 bridgehead atoms. The lowest BCUT2D eigenvalue weighted by atomic mass is 9.87. The van der Waals surface area contributed by atoms with Crippen LogP contribution >= 0.6 is 0 Å². The molecule has 0 saturated carbocycles. The van der Waals surface area contributed by atoms with Crippen LogP contribution in [0.1, 0.15) is 55.4 Å². The standard InChI is InChI=1S/C35H38N2O2/c1-35(2,3)36-34(39)32(24-27-16-8-4-9-17-27)37(26-28-18-10-5-11-19-28)33(38)25-31(29-20-12-6-13-21-29)30-22-14-7-15-23-30/h4-23,31-32H,24-26H2,1-3H3,(H,36,39)/t32-/m0/s1. The maximum atomic E-state index is 14.4. The Morgan fingerprint density at radius 2 is 1.10 bits per heavy atom. The monoisotopic (exact) mass is 518 g/mol. The van der Waals surface area contributed by atoms with Crippen LogP contribution in [0.5, 0.6) is 0 Å². The summed E-state index contributed by atoms with van der Waals surface area (Å²) in [6.45, 7) is 6.25. The summed E-state index contributed by atoms with van der Waals surface area (Å²) in [6, 6.07) is 39.5. The van der Waals surface area contributed by atoms with Crippen molar-refractivity contribution < 1.29 is 9.59 Å². The van der Waals surface area contributed by atoms with E-state index in [9.17, 15) is 9.59 Å². The average molecular weight is 519 g/mol. The lowest BCUT2D eigenvalue weighted by molar-refractivity contribution is -0.142. The van der Waals surface area contributed by atoms with Gasteiger partial charge in [0.25, 0.3) is 0 Å². The summed E-state index contributed by atoms with van der Waals surface area (Å²) in [6.07, 6.45) is 0.692. The molecule has 0 radical (unpaired) electrons. The molecule has 4 nitrogen and oxygen atoms in total. The SMILES string of the molecule is CC(C)(C)NC(=O)[C@H](Cc1ccccc1)N(Cc1ccccc1)C(=O)CC(c1ccccc1)c1ccccc1. The molecule has 1 N–H and O–H groups in total. The first-order chi connectivity index (χ1) is 18.8. The number of nitrogens with one attached hydrogen (secondary N) is 1. The van der Waals surface area contributed by atoms with E-state index >= 15 is 0 Å². The van der Waals surface area contributed by atoms with Gasteiger partial charge in [-0.2, -0.15) is 0 Å². The van der Waals surface area contributed by atoms with Crippen molar-refractivity contribution >= 4 is 11.8 Å². The molecule has 200 valence electrons. The Hall–Kier alpha value is -4.18. The van der Waals surface area contributed by atoms with Gasteiger partial charge in [0.1, 0.15) is 6.04 Å². The van der Waals surface area contributed by atoms with E-state index in [1.807, 2.05) is 118 Å². The highest BCUT2D eigenvalue weighted by molar-refractivity contribution is 5.88. The predicted octanol–water partition coefficient (Wildman–Crippen LogP) is 6.76. The Balaban J connectivity index is 1.73. The van der Waals surface area contributed by atoms with Crippen LogP contribution in [0.2, 0.25) is 0 Å². The number of benzene rings is 4. The Morgan fingerprint density at radius 1 is 0.667 bits per heavy atom. The summed E-state index contributed by atoms with van der Waals surface area (Å²) in [5.74, 6) is -0.325. The molecule has 2 amide bonds. The second kappa shape index (κ2) is 13.1. The molecule has 39 heavy (non-hydrogen) atoms. The first-order valence-electron chi connectivity index (χ1n) is 13.6. The molecule has 0 aliphatic rings. The summed E-state index contributed by atoms with van der Waals surface area (Å²) in [5.41, 5.74) is 3.74. The highest BCUT2D eigenvalue weighted by atomic mass is 16.2. The topological polar surface area (TPSA) is 49.4 Å². The maximum Gasteiger partial charge on any atom is 0.243 e. The fraction of sp³-hybridized carbons (Fsp3) is 0.257. The molecule has 4 aromatic rings. The van der Waals surface area contributed by atoms with Crippen LogP contribution in [-0.4, -0.2) is 28.3 Å². The number of amides is 2. The van der Waals surface area contributed by atoms with Crippen LogP contribution in [-0.2, 0) is 22.6 Å². The van der Waals surface area contributed by atoms with Gasteiger partial charge in [-0.05, 0) is 43.0 Å². The average Bonchev–Trinajstić information content (AvgIpc) is 2.94. The van der Waals surface area contributed by atoms with Crippen molar-refractivity contribution in [1.29, 1.82) is 0 Å². The fourth-order valence-corrected chi connectivity index (χ4v) is 4.88. The van der Waals surface area contributed by atoms with E-state index in [1.165, 1.54) is 0 Å². The molecule has 0 spiro atoms. The van der Waals surface area contributed by atoms with Gasteiger partial charge in [-0.1, -0.05) is 121 Å². The van der Waals surface area contributed by atoms with Gasteiger partial charge in [0.05, 0.1) is 0 Å². The minimum Gasteiger partial charge on any atom is -0.350 e. The van der Waals surface area contributed by atoms with Crippen LogP contribution < -0.4 is 5.32 Å². The van der Waals surface area contributed by atoms with Gasteiger partial charge in [-0.15, -0.1) is 0 Å². The summed E-state index contributed by atoms with van der Waals surface area (Å²) < 4.78 is 0. The Labute approximate surface area is 232 Å². The highest BCUT2D eigenvalue weighted by Gasteiger charge is 2.33. The molecule has 0 aliphatic carbocycles. The van der Waals surface area contributed by atoms with E-state index in [2.05, 4.69) is 29.6 Å². The summed E-state index contributed by atoms with van der Waals surface area (Å²) in [4.78, 5) is 30.0. The zero-order valence-corrected chi connectivity index (χ0v) is 23.1. The number of rotatable bonds is 10. The third-order valence-corrected chi connectivity index (χ3v) is 6.75. The highest BCUT2D eigenvalue weighted by Crippen LogP contribution is 2.30. The molecule has 0 aromatic heterocycles. The summed E-state index contributed by atoms with van der Waals surface area (Å²) in [5, 5.41) is 3.14. The normalized spacial score (nSPS) is 12.1. The molecule has 0 heterocycles. The van der Waals surface area contributed by atoms with Gasteiger partial charge in [-0.3, -0.25) is 9.59 Å². The second-order valence-electron chi connectivity index (χ2n) is 11.0. The predicted molar refractivity (Wildman–Crippen MR) is 158 cm³/mol. The van der Waals surface area contributed by atoms with E-state index < -0.39 is 11.6 Å². The van der Waals surface area contributed by atoms with Gasteiger partial charge >= 0.3 is 0 Å². The van der Waals surface area contributed by atoms with Crippen LogP contribution in [0.3, 0.4) is 0 Å². The zero-order valence-electron chi connectivity index (χ0n) is 23.1. The molecule has 0 fully saturated rings. The van der Waals surface area contributed by atoms with E-state index in [0.29, 0.717) is 13.0 Å². The molecule has 0 saturated heterocycles. The molecule has 4 rings (SSSR count). The first kappa shape index (κ1) is 27.8. The van der Waals surface area contributed by atoms with E-state index in [0.717, 1.165) is 22.3 Å². The van der Waals surface area contributed by atoms with Crippen molar-refractivity contribution in [3.8, 4) is 0 Å². The number of nitrogens with zero attached hydrogens (tertiary/aromatic N) is 1. The van der Waals surface area contributed by atoms with Crippen molar-refractivity contribution in [1.82, 2.24) is 10.2 Å². The largest absolute Gasteiger partial charge is 0.350 e. The van der Waals surface area contributed by atoms with Crippen LogP contribution in [0.4, 0.5) is 0 Å². The van der Waals surface area contributed by atoms with Crippen molar-refractivity contribution in [2.45, 2.75) is 57.7 Å². The number of carbonyl (C=O) groups is 2. The van der Waals surface area contributed by atoms with Gasteiger partial charge in [0, 0.05) is 30.8 Å². The van der Waals surface area contributed by atoms with Crippen molar-refractivity contribution in [2.24, 2.45) is 0 Å². The summed E-state index contributed by atoms with van der Waals surface area (Å²) in [7, 11) is 0. The van der Waals surface area contributed by atoms with Gasteiger partial charge < -0.3 is 10.2 Å². The maximum absolute atomic E-state index is 14.4. The quantitative estimate of drug-likeness (QED) is 0.252. The van der Waals surface area contributed by atoms with Gasteiger partial charge in [0.2, 0.25) is 11.8 Å². The molecule has 1 atom stereocenters. The van der Waals surface area contributed by atoms with E-state index in [1.54, 1.807) is 4.90 Å². The summed E-state index contributed by atoms with van der Waals surface area (Å²) >= 11 is 0. The van der Waals surface area contributed by atoms with E-state index in [-0.39, 0.29) is 24.2 Å². The van der Waals surface area contributed by atoms with Gasteiger partial charge in [0.15, 0.2) is 0 Å². The number of hydrogen-bond donors (Lipinski definition) is 1. The minimum atomic E-state index is -0.661. The third kappa shape index (κ3) is 8.15. The Bertz CT molecular complexity index is 1280. The Morgan fingerprint density at radius 3 is 1.56 bits per heavy atom. The molecular formula is C35H38N2O2. The van der Waals surface area contributed by atoms with Crippen LogP contribution in [0, 0.1) is 0 Å². The lowest BCUT2D eigenvalue weighted by Crippen LogP contribution is -2.54. The molecule has 0 aliphatic heterocycles. The van der Waals surface area contributed by atoms with E-state index in [4.69, 9.17) is 0 Å². The molecule has 4 heteroatoms. The number of hydrogen-bond acceptors (Lipinski definition) is 2. The third-order valence-electron chi connectivity index (χ3n) is 6.75. The Kier molecular flexibility index (Phi) is 9.32. The van der Waals surface area contributed by atoms with Crippen molar-refractivity contribution in [3.05, 3.63) is 144 Å². The smallest absolute Gasteiger partial charge is 0.243 e.